The number of benzene rings is 3. The zero-order valence-electron chi connectivity index (χ0n) is 23.9. The molecule has 0 aliphatic heterocycles. The molecule has 3 aromatic rings. The number of nitrogens with zero attached hydrogens (tertiary/aromatic N) is 2. The fourth-order valence-electron chi connectivity index (χ4n) is 4.46. The van der Waals surface area contributed by atoms with Crippen molar-refractivity contribution in [1.29, 1.82) is 0 Å². The molecule has 42 heavy (non-hydrogen) atoms. The minimum absolute atomic E-state index is 0.00966. The van der Waals surface area contributed by atoms with E-state index in [2.05, 4.69) is 5.32 Å². The summed E-state index contributed by atoms with van der Waals surface area (Å²) in [6, 6.07) is 20.1. The molecule has 1 N–H and O–H groups in total. The Balaban J connectivity index is 1.93. The van der Waals surface area contributed by atoms with Crippen LogP contribution in [0.25, 0.3) is 0 Å². The van der Waals surface area contributed by atoms with E-state index >= 15 is 0 Å². The third kappa shape index (κ3) is 9.63. The van der Waals surface area contributed by atoms with Gasteiger partial charge in [-0.05, 0) is 61.7 Å². The molecule has 3 aromatic carbocycles. The van der Waals surface area contributed by atoms with Gasteiger partial charge in [0.1, 0.15) is 6.04 Å². The van der Waals surface area contributed by atoms with Crippen LogP contribution in [0.4, 0.5) is 5.69 Å². The van der Waals surface area contributed by atoms with Crippen LogP contribution in [-0.2, 0) is 32.6 Å². The van der Waals surface area contributed by atoms with Crippen molar-refractivity contribution in [3.63, 3.8) is 0 Å². The molecule has 2 atom stereocenters. The van der Waals surface area contributed by atoms with E-state index in [1.54, 1.807) is 42.5 Å². The molecule has 0 unspecified atom stereocenters. The molecular formula is C31H36Cl3N3O4S. The highest BCUT2D eigenvalue weighted by atomic mass is 35.5. The van der Waals surface area contributed by atoms with E-state index in [-0.39, 0.29) is 50.2 Å². The fraction of sp³-hybridized carbons (Fsp3) is 0.355. The van der Waals surface area contributed by atoms with Crippen LogP contribution in [0.1, 0.15) is 44.2 Å². The van der Waals surface area contributed by atoms with Gasteiger partial charge in [0, 0.05) is 52.6 Å². The van der Waals surface area contributed by atoms with E-state index in [0.29, 0.717) is 26.3 Å². The lowest BCUT2D eigenvalue weighted by Crippen LogP contribution is -2.52. The lowest BCUT2D eigenvalue weighted by molar-refractivity contribution is -0.141. The number of hydrogen-bond donors (Lipinski definition) is 1. The monoisotopic (exact) mass is 651 g/mol. The standard InChI is InChI=1S/C31H36Cl3N3O4S/c1-4-22(2)35-31(39)29(20-23-10-6-5-7-11-23)36(21-26-27(33)12-8-13-28(26)34)30(38)14-9-19-37(42(3,40)41)25-17-15-24(32)16-18-25/h5-8,10-13,15-18,22,29H,4,9,14,19-21H2,1-3H3,(H,35,39)/t22-,29-/m1/s1. The third-order valence-corrected chi connectivity index (χ3v) is 9.08. The summed E-state index contributed by atoms with van der Waals surface area (Å²) in [6.07, 6.45) is 2.32. The summed E-state index contributed by atoms with van der Waals surface area (Å²) in [5, 5.41) is 4.27. The number of amides is 2. The zero-order chi connectivity index (χ0) is 30.9. The van der Waals surface area contributed by atoms with Gasteiger partial charge in [-0.15, -0.1) is 0 Å². The average molecular weight is 653 g/mol. The minimum atomic E-state index is -3.63. The van der Waals surface area contributed by atoms with Crippen LogP contribution >= 0.6 is 34.8 Å². The van der Waals surface area contributed by atoms with Crippen LogP contribution in [0.5, 0.6) is 0 Å². The van der Waals surface area contributed by atoms with Gasteiger partial charge in [-0.25, -0.2) is 8.42 Å². The molecule has 0 spiro atoms. The van der Waals surface area contributed by atoms with Crippen LogP contribution in [0.15, 0.2) is 72.8 Å². The van der Waals surface area contributed by atoms with Crippen LogP contribution < -0.4 is 9.62 Å². The van der Waals surface area contributed by atoms with E-state index in [0.717, 1.165) is 18.2 Å². The SMILES string of the molecule is CC[C@@H](C)NC(=O)[C@@H](Cc1ccccc1)N(Cc1c(Cl)cccc1Cl)C(=O)CCCN(c1ccc(Cl)cc1)S(C)(=O)=O. The molecule has 226 valence electrons. The Kier molecular flexibility index (Phi) is 12.5. The topological polar surface area (TPSA) is 86.8 Å². The summed E-state index contributed by atoms with van der Waals surface area (Å²) >= 11 is 19.0. The molecule has 0 aliphatic carbocycles. The number of anilines is 1. The minimum Gasteiger partial charge on any atom is -0.352 e. The van der Waals surface area contributed by atoms with Crippen molar-refractivity contribution in [3.05, 3.63) is 99.0 Å². The second-order valence-corrected chi connectivity index (χ2v) is 13.3. The van der Waals surface area contributed by atoms with Crippen LogP contribution in [-0.4, -0.2) is 50.0 Å². The normalized spacial score (nSPS) is 12.8. The van der Waals surface area contributed by atoms with Crippen molar-refractivity contribution < 1.29 is 18.0 Å². The van der Waals surface area contributed by atoms with Gasteiger partial charge in [-0.2, -0.15) is 0 Å². The first-order chi connectivity index (χ1) is 19.9. The maximum absolute atomic E-state index is 13.9. The zero-order valence-corrected chi connectivity index (χ0v) is 27.0. The van der Waals surface area contributed by atoms with E-state index < -0.39 is 16.1 Å². The third-order valence-electron chi connectivity index (χ3n) is 6.93. The summed E-state index contributed by atoms with van der Waals surface area (Å²) in [6.45, 7) is 3.95. The molecule has 3 rings (SSSR count). The largest absolute Gasteiger partial charge is 0.352 e. The molecule has 0 heterocycles. The smallest absolute Gasteiger partial charge is 0.243 e. The highest BCUT2D eigenvalue weighted by Crippen LogP contribution is 2.28. The second-order valence-electron chi connectivity index (χ2n) is 10.2. The molecule has 0 bridgehead atoms. The summed E-state index contributed by atoms with van der Waals surface area (Å²) in [5.74, 6) is -0.612. The lowest BCUT2D eigenvalue weighted by Gasteiger charge is -2.33. The van der Waals surface area contributed by atoms with Gasteiger partial charge in [0.15, 0.2) is 0 Å². The van der Waals surface area contributed by atoms with Crippen LogP contribution in [0.3, 0.4) is 0 Å². The van der Waals surface area contributed by atoms with Gasteiger partial charge in [0.05, 0.1) is 11.9 Å². The number of rotatable bonds is 14. The van der Waals surface area contributed by atoms with Gasteiger partial charge >= 0.3 is 0 Å². The Labute approximate surface area is 263 Å². The van der Waals surface area contributed by atoms with Gasteiger partial charge in [0.25, 0.3) is 0 Å². The molecule has 0 fully saturated rings. The number of sulfonamides is 1. The molecule has 11 heteroatoms. The molecule has 0 saturated heterocycles. The number of halogens is 3. The number of carbonyl (C=O) groups is 2. The summed E-state index contributed by atoms with van der Waals surface area (Å²) in [5.41, 5.74) is 1.86. The van der Waals surface area contributed by atoms with E-state index in [1.165, 1.54) is 9.21 Å². The Morgan fingerprint density at radius 3 is 2.10 bits per heavy atom. The van der Waals surface area contributed by atoms with Crippen molar-refractivity contribution in [1.82, 2.24) is 10.2 Å². The van der Waals surface area contributed by atoms with Crippen LogP contribution in [0, 0.1) is 0 Å². The quantitative estimate of drug-likeness (QED) is 0.209. The lowest BCUT2D eigenvalue weighted by atomic mass is 10.0. The first kappa shape index (κ1) is 33.7. The van der Waals surface area contributed by atoms with Gasteiger partial charge in [-0.3, -0.25) is 13.9 Å². The predicted molar refractivity (Wildman–Crippen MR) is 172 cm³/mol. The molecular weight excluding hydrogens is 617 g/mol. The molecule has 2 amide bonds. The molecule has 0 aromatic heterocycles. The van der Waals surface area contributed by atoms with Crippen molar-refractivity contribution in [2.75, 3.05) is 17.1 Å². The summed E-state index contributed by atoms with van der Waals surface area (Å²) in [7, 11) is -3.63. The Hall–Kier alpha value is -2.78. The first-order valence-electron chi connectivity index (χ1n) is 13.7. The van der Waals surface area contributed by atoms with Crippen molar-refractivity contribution in [3.8, 4) is 0 Å². The highest BCUT2D eigenvalue weighted by molar-refractivity contribution is 7.92. The highest BCUT2D eigenvalue weighted by Gasteiger charge is 2.32. The molecule has 7 nitrogen and oxygen atoms in total. The van der Waals surface area contributed by atoms with E-state index in [4.69, 9.17) is 34.8 Å². The van der Waals surface area contributed by atoms with Gasteiger partial charge in [-0.1, -0.05) is 78.1 Å². The number of carbonyl (C=O) groups excluding carboxylic acids is 2. The molecule has 0 saturated carbocycles. The van der Waals surface area contributed by atoms with Gasteiger partial charge < -0.3 is 10.2 Å². The Morgan fingerprint density at radius 2 is 1.52 bits per heavy atom. The Morgan fingerprint density at radius 1 is 0.905 bits per heavy atom. The molecule has 0 aliphatic rings. The van der Waals surface area contributed by atoms with Gasteiger partial charge in [0.2, 0.25) is 21.8 Å². The van der Waals surface area contributed by atoms with Crippen molar-refractivity contribution >= 4 is 62.3 Å². The van der Waals surface area contributed by atoms with E-state index in [1.807, 2.05) is 44.2 Å². The fourth-order valence-corrected chi connectivity index (χ4v) is 6.07. The van der Waals surface area contributed by atoms with E-state index in [9.17, 15) is 18.0 Å². The maximum Gasteiger partial charge on any atom is 0.243 e. The summed E-state index contributed by atoms with van der Waals surface area (Å²) < 4.78 is 26.4. The second kappa shape index (κ2) is 15.6. The first-order valence-corrected chi connectivity index (χ1v) is 16.7. The van der Waals surface area contributed by atoms with Crippen molar-refractivity contribution in [2.24, 2.45) is 0 Å². The van der Waals surface area contributed by atoms with Crippen molar-refractivity contribution in [2.45, 2.75) is 58.2 Å². The average Bonchev–Trinajstić information content (AvgIpc) is 2.94. The predicted octanol–water partition coefficient (Wildman–Crippen LogP) is 6.75. The maximum atomic E-state index is 13.9. The summed E-state index contributed by atoms with van der Waals surface area (Å²) in [4.78, 5) is 29.1. The molecule has 0 radical (unpaired) electrons. The number of hydrogen-bond acceptors (Lipinski definition) is 4. The number of nitrogens with one attached hydrogen (secondary N) is 1. The Bertz CT molecular complexity index is 1430. The van der Waals surface area contributed by atoms with Crippen LogP contribution in [0.2, 0.25) is 15.1 Å².